The smallest absolute Gasteiger partial charge is 0.302 e. The maximum absolute atomic E-state index is 10.5. The molecular formula is C10H14O3. The maximum atomic E-state index is 10.5. The van der Waals surface area contributed by atoms with Gasteiger partial charge in [-0.3, -0.25) is 4.79 Å². The lowest BCUT2D eigenvalue weighted by Gasteiger charge is -2.08. The van der Waals surface area contributed by atoms with Crippen molar-refractivity contribution in [2.45, 2.75) is 20.3 Å². The molecule has 1 aromatic heterocycles. The Balaban J connectivity index is 2.25. The molecule has 1 heterocycles. The van der Waals surface area contributed by atoms with Crippen LogP contribution >= 0.6 is 0 Å². The molecular weight excluding hydrogens is 168 g/mol. The number of furan rings is 1. The SMILES string of the molecule is CC(=O)OC[C@@H](C)Cc1ccco1. The quantitative estimate of drug-likeness (QED) is 0.669. The minimum atomic E-state index is -0.230. The van der Waals surface area contributed by atoms with Gasteiger partial charge in [-0.2, -0.15) is 0 Å². The number of hydrogen-bond donors (Lipinski definition) is 0. The fourth-order valence-corrected chi connectivity index (χ4v) is 1.09. The van der Waals surface area contributed by atoms with Gasteiger partial charge < -0.3 is 9.15 Å². The lowest BCUT2D eigenvalue weighted by Crippen LogP contribution is -2.11. The van der Waals surface area contributed by atoms with E-state index in [4.69, 9.17) is 9.15 Å². The molecule has 0 aromatic carbocycles. The van der Waals surface area contributed by atoms with Gasteiger partial charge in [0.1, 0.15) is 5.76 Å². The summed E-state index contributed by atoms with van der Waals surface area (Å²) in [6, 6.07) is 3.78. The Hall–Kier alpha value is -1.25. The second-order valence-corrected chi connectivity index (χ2v) is 3.19. The largest absolute Gasteiger partial charge is 0.469 e. The molecule has 1 aromatic rings. The van der Waals surface area contributed by atoms with Gasteiger partial charge in [0.15, 0.2) is 0 Å². The zero-order valence-corrected chi connectivity index (χ0v) is 7.95. The summed E-state index contributed by atoms with van der Waals surface area (Å²) in [6.07, 6.45) is 2.45. The summed E-state index contributed by atoms with van der Waals surface area (Å²) in [6.45, 7) is 3.89. The Bertz CT molecular complexity index is 251. The number of carbonyl (C=O) groups is 1. The van der Waals surface area contributed by atoms with Crippen molar-refractivity contribution < 1.29 is 13.9 Å². The monoisotopic (exact) mass is 182 g/mol. The number of hydrogen-bond acceptors (Lipinski definition) is 3. The molecule has 1 atom stereocenters. The molecule has 0 aliphatic carbocycles. The highest BCUT2D eigenvalue weighted by molar-refractivity contribution is 5.65. The predicted octanol–water partition coefficient (Wildman–Crippen LogP) is 2.02. The molecule has 0 N–H and O–H groups in total. The molecule has 0 radical (unpaired) electrons. The van der Waals surface area contributed by atoms with Gasteiger partial charge in [-0.05, 0) is 18.1 Å². The Labute approximate surface area is 77.7 Å². The topological polar surface area (TPSA) is 39.4 Å². The van der Waals surface area contributed by atoms with Crippen LogP contribution in [0.15, 0.2) is 22.8 Å². The van der Waals surface area contributed by atoms with E-state index in [9.17, 15) is 4.79 Å². The van der Waals surface area contributed by atoms with Crippen molar-refractivity contribution in [3.05, 3.63) is 24.2 Å². The van der Waals surface area contributed by atoms with Gasteiger partial charge in [0.2, 0.25) is 0 Å². The first-order valence-corrected chi connectivity index (χ1v) is 4.34. The first-order valence-electron chi connectivity index (χ1n) is 4.34. The molecule has 0 spiro atoms. The second kappa shape index (κ2) is 4.70. The molecule has 3 nitrogen and oxygen atoms in total. The van der Waals surface area contributed by atoms with Crippen molar-refractivity contribution in [1.82, 2.24) is 0 Å². The average molecular weight is 182 g/mol. The Kier molecular flexibility index (Phi) is 3.55. The molecule has 0 saturated heterocycles. The van der Waals surface area contributed by atoms with Crippen LogP contribution in [0, 0.1) is 5.92 Å². The van der Waals surface area contributed by atoms with Crippen LogP contribution in [-0.2, 0) is 16.0 Å². The average Bonchev–Trinajstić information content (AvgIpc) is 2.53. The summed E-state index contributed by atoms with van der Waals surface area (Å²) in [7, 11) is 0. The summed E-state index contributed by atoms with van der Waals surface area (Å²) in [4.78, 5) is 10.5. The number of ether oxygens (including phenoxy) is 1. The van der Waals surface area contributed by atoms with Crippen LogP contribution in [0.4, 0.5) is 0 Å². The Morgan fingerprint density at radius 1 is 1.69 bits per heavy atom. The summed E-state index contributed by atoms with van der Waals surface area (Å²) in [5, 5.41) is 0. The standard InChI is InChI=1S/C10H14O3/c1-8(7-13-9(2)11)6-10-4-3-5-12-10/h3-5,8H,6-7H2,1-2H3/t8-/m0/s1. The fraction of sp³-hybridized carbons (Fsp3) is 0.500. The number of rotatable bonds is 4. The molecule has 0 unspecified atom stereocenters. The van der Waals surface area contributed by atoms with E-state index in [0.717, 1.165) is 12.2 Å². The fourth-order valence-electron chi connectivity index (χ4n) is 1.09. The van der Waals surface area contributed by atoms with Crippen molar-refractivity contribution in [1.29, 1.82) is 0 Å². The zero-order valence-electron chi connectivity index (χ0n) is 7.95. The normalized spacial score (nSPS) is 12.5. The van der Waals surface area contributed by atoms with E-state index in [0.29, 0.717) is 12.5 Å². The summed E-state index contributed by atoms with van der Waals surface area (Å²) < 4.78 is 10.0. The Morgan fingerprint density at radius 2 is 2.46 bits per heavy atom. The highest BCUT2D eigenvalue weighted by Crippen LogP contribution is 2.09. The van der Waals surface area contributed by atoms with Crippen LogP contribution in [0.1, 0.15) is 19.6 Å². The lowest BCUT2D eigenvalue weighted by atomic mass is 10.1. The molecule has 0 saturated carbocycles. The Morgan fingerprint density at radius 3 is 3.00 bits per heavy atom. The third kappa shape index (κ3) is 3.78. The highest BCUT2D eigenvalue weighted by Gasteiger charge is 2.06. The molecule has 0 aliphatic heterocycles. The molecule has 0 aliphatic rings. The van der Waals surface area contributed by atoms with Gasteiger partial charge in [0.05, 0.1) is 12.9 Å². The second-order valence-electron chi connectivity index (χ2n) is 3.19. The molecule has 0 amide bonds. The van der Waals surface area contributed by atoms with E-state index in [1.54, 1.807) is 6.26 Å². The van der Waals surface area contributed by atoms with Crippen LogP contribution in [0.2, 0.25) is 0 Å². The predicted molar refractivity (Wildman–Crippen MR) is 48.2 cm³/mol. The third-order valence-electron chi connectivity index (χ3n) is 1.70. The molecule has 3 heteroatoms. The van der Waals surface area contributed by atoms with Gasteiger partial charge in [-0.15, -0.1) is 0 Å². The van der Waals surface area contributed by atoms with Gasteiger partial charge >= 0.3 is 5.97 Å². The molecule has 1 rings (SSSR count). The van der Waals surface area contributed by atoms with E-state index >= 15 is 0 Å². The molecule has 13 heavy (non-hydrogen) atoms. The van der Waals surface area contributed by atoms with E-state index in [-0.39, 0.29) is 5.97 Å². The van der Waals surface area contributed by atoms with E-state index < -0.39 is 0 Å². The van der Waals surface area contributed by atoms with E-state index in [2.05, 4.69) is 0 Å². The number of esters is 1. The zero-order chi connectivity index (χ0) is 9.68. The van der Waals surface area contributed by atoms with Crippen LogP contribution in [0.25, 0.3) is 0 Å². The van der Waals surface area contributed by atoms with Crippen LogP contribution < -0.4 is 0 Å². The van der Waals surface area contributed by atoms with Gasteiger partial charge in [0, 0.05) is 13.3 Å². The van der Waals surface area contributed by atoms with Crippen LogP contribution in [-0.4, -0.2) is 12.6 Å². The van der Waals surface area contributed by atoms with Gasteiger partial charge in [0.25, 0.3) is 0 Å². The summed E-state index contributed by atoms with van der Waals surface area (Å²) in [5.74, 6) is 1.00. The van der Waals surface area contributed by atoms with E-state index in [1.165, 1.54) is 6.92 Å². The van der Waals surface area contributed by atoms with Crippen molar-refractivity contribution in [3.8, 4) is 0 Å². The van der Waals surface area contributed by atoms with Crippen LogP contribution in [0.5, 0.6) is 0 Å². The minimum Gasteiger partial charge on any atom is -0.469 e. The molecule has 0 bridgehead atoms. The first kappa shape index (κ1) is 9.84. The first-order chi connectivity index (χ1) is 6.18. The van der Waals surface area contributed by atoms with Crippen molar-refractivity contribution in [2.24, 2.45) is 5.92 Å². The van der Waals surface area contributed by atoms with Crippen molar-refractivity contribution in [2.75, 3.05) is 6.61 Å². The van der Waals surface area contributed by atoms with Crippen molar-refractivity contribution >= 4 is 5.97 Å². The molecule has 0 fully saturated rings. The van der Waals surface area contributed by atoms with Gasteiger partial charge in [-0.25, -0.2) is 0 Å². The maximum Gasteiger partial charge on any atom is 0.302 e. The summed E-state index contributed by atoms with van der Waals surface area (Å²) >= 11 is 0. The van der Waals surface area contributed by atoms with E-state index in [1.807, 2.05) is 19.1 Å². The highest BCUT2D eigenvalue weighted by atomic mass is 16.5. The molecule has 72 valence electrons. The van der Waals surface area contributed by atoms with Crippen molar-refractivity contribution in [3.63, 3.8) is 0 Å². The third-order valence-corrected chi connectivity index (χ3v) is 1.70. The minimum absolute atomic E-state index is 0.230. The lowest BCUT2D eigenvalue weighted by molar-refractivity contribution is -0.142. The number of carbonyl (C=O) groups excluding carboxylic acids is 1. The van der Waals surface area contributed by atoms with Gasteiger partial charge in [-0.1, -0.05) is 6.92 Å². The van der Waals surface area contributed by atoms with Crippen LogP contribution in [0.3, 0.4) is 0 Å². The summed E-state index contributed by atoms with van der Waals surface area (Å²) in [5.41, 5.74) is 0.